The molecule has 0 atom stereocenters. The second-order valence-corrected chi connectivity index (χ2v) is 8.70. The molecule has 1 aliphatic rings. The van der Waals surface area contributed by atoms with Crippen molar-refractivity contribution in [3.8, 4) is 11.4 Å². The summed E-state index contributed by atoms with van der Waals surface area (Å²) in [6, 6.07) is 17.3. The van der Waals surface area contributed by atoms with E-state index in [-0.39, 0.29) is 11.8 Å². The first kappa shape index (κ1) is 21.9. The molecular formula is C26H28N6O2. The SMILES string of the molecule is COc1ccc(C(=O)N2CCN(c3nc(C(C)C)nc4c3cnn4-c3ccccc3)CC2)cc1. The molecule has 2 aromatic heterocycles. The maximum Gasteiger partial charge on any atom is 0.253 e. The van der Waals surface area contributed by atoms with Gasteiger partial charge in [0.05, 0.1) is 24.4 Å². The zero-order valence-corrected chi connectivity index (χ0v) is 19.7. The van der Waals surface area contributed by atoms with Gasteiger partial charge in [-0.05, 0) is 36.4 Å². The molecule has 34 heavy (non-hydrogen) atoms. The van der Waals surface area contributed by atoms with E-state index < -0.39 is 0 Å². The van der Waals surface area contributed by atoms with Gasteiger partial charge in [0.25, 0.3) is 5.91 Å². The molecule has 0 bridgehead atoms. The zero-order valence-electron chi connectivity index (χ0n) is 19.7. The Balaban J connectivity index is 1.41. The molecule has 8 heteroatoms. The predicted octanol–water partition coefficient (Wildman–Crippen LogP) is 3.91. The van der Waals surface area contributed by atoms with E-state index in [1.165, 1.54) is 0 Å². The number of benzene rings is 2. The fourth-order valence-electron chi connectivity index (χ4n) is 4.20. The highest BCUT2D eigenvalue weighted by Crippen LogP contribution is 2.28. The van der Waals surface area contributed by atoms with Gasteiger partial charge in [-0.2, -0.15) is 5.10 Å². The van der Waals surface area contributed by atoms with Crippen LogP contribution in [0, 0.1) is 0 Å². The summed E-state index contributed by atoms with van der Waals surface area (Å²) in [5, 5.41) is 5.55. The average molecular weight is 457 g/mol. The average Bonchev–Trinajstić information content (AvgIpc) is 3.32. The lowest BCUT2D eigenvalue weighted by Gasteiger charge is -2.35. The Morgan fingerprint density at radius 2 is 1.65 bits per heavy atom. The standard InChI is InChI=1S/C26H28N6O2/c1-18(2)23-28-24(22-17-27-32(25(22)29-23)20-7-5-4-6-8-20)30-13-15-31(16-14-30)26(33)19-9-11-21(34-3)12-10-19/h4-12,17-18H,13-16H2,1-3H3. The van der Waals surface area contributed by atoms with Crippen LogP contribution in [0.15, 0.2) is 60.8 Å². The van der Waals surface area contributed by atoms with Crippen molar-refractivity contribution in [1.29, 1.82) is 0 Å². The minimum atomic E-state index is 0.0369. The highest BCUT2D eigenvalue weighted by atomic mass is 16.5. The third kappa shape index (κ3) is 4.07. The number of methoxy groups -OCH3 is 1. The Kier molecular flexibility index (Phi) is 5.88. The van der Waals surface area contributed by atoms with Crippen molar-refractivity contribution in [2.75, 3.05) is 38.2 Å². The summed E-state index contributed by atoms with van der Waals surface area (Å²) in [6.45, 7) is 6.84. The van der Waals surface area contributed by atoms with Crippen LogP contribution in [-0.4, -0.2) is 63.8 Å². The molecule has 0 N–H and O–H groups in total. The van der Waals surface area contributed by atoms with Gasteiger partial charge >= 0.3 is 0 Å². The number of para-hydroxylation sites is 1. The lowest BCUT2D eigenvalue weighted by atomic mass is 10.1. The zero-order chi connectivity index (χ0) is 23.7. The Morgan fingerprint density at radius 1 is 0.941 bits per heavy atom. The van der Waals surface area contributed by atoms with E-state index in [2.05, 4.69) is 23.8 Å². The monoisotopic (exact) mass is 456 g/mol. The van der Waals surface area contributed by atoms with Crippen LogP contribution in [0.3, 0.4) is 0 Å². The van der Waals surface area contributed by atoms with Gasteiger partial charge in [0.1, 0.15) is 17.4 Å². The number of aromatic nitrogens is 4. The minimum absolute atomic E-state index is 0.0369. The van der Waals surface area contributed by atoms with Crippen molar-refractivity contribution in [2.45, 2.75) is 19.8 Å². The van der Waals surface area contributed by atoms with E-state index in [1.54, 1.807) is 7.11 Å². The van der Waals surface area contributed by atoms with Crippen LogP contribution in [0.1, 0.15) is 35.9 Å². The maximum absolute atomic E-state index is 13.0. The quantitative estimate of drug-likeness (QED) is 0.453. The van der Waals surface area contributed by atoms with Crippen LogP contribution in [0.5, 0.6) is 5.75 Å². The van der Waals surface area contributed by atoms with Crippen molar-refractivity contribution in [3.63, 3.8) is 0 Å². The summed E-state index contributed by atoms with van der Waals surface area (Å²) in [5.41, 5.74) is 2.44. The van der Waals surface area contributed by atoms with Crippen LogP contribution < -0.4 is 9.64 Å². The molecule has 0 saturated carbocycles. The molecule has 0 aliphatic carbocycles. The molecule has 5 rings (SSSR count). The number of piperazine rings is 1. The molecule has 3 heterocycles. The highest BCUT2D eigenvalue weighted by Gasteiger charge is 2.26. The topological polar surface area (TPSA) is 76.4 Å². The molecular weight excluding hydrogens is 428 g/mol. The molecule has 0 spiro atoms. The van der Waals surface area contributed by atoms with Gasteiger partial charge in [-0.25, -0.2) is 14.6 Å². The number of hydrogen-bond donors (Lipinski definition) is 0. The van der Waals surface area contributed by atoms with E-state index >= 15 is 0 Å². The number of rotatable bonds is 5. The number of anilines is 1. The lowest BCUT2D eigenvalue weighted by Crippen LogP contribution is -2.49. The van der Waals surface area contributed by atoms with E-state index in [1.807, 2.05) is 70.4 Å². The minimum Gasteiger partial charge on any atom is -0.497 e. The Morgan fingerprint density at radius 3 is 2.29 bits per heavy atom. The van der Waals surface area contributed by atoms with E-state index in [0.29, 0.717) is 31.7 Å². The largest absolute Gasteiger partial charge is 0.497 e. The Hall–Kier alpha value is -3.94. The number of carbonyl (C=O) groups excluding carboxylic acids is 1. The summed E-state index contributed by atoms with van der Waals surface area (Å²) < 4.78 is 7.07. The molecule has 174 valence electrons. The fraction of sp³-hybridized carbons (Fsp3) is 0.308. The molecule has 1 amide bonds. The van der Waals surface area contributed by atoms with Crippen molar-refractivity contribution >= 4 is 22.8 Å². The molecule has 1 aliphatic heterocycles. The summed E-state index contributed by atoms with van der Waals surface area (Å²) in [5.74, 6) is 2.63. The second-order valence-electron chi connectivity index (χ2n) is 8.70. The Bertz CT molecular complexity index is 1290. The van der Waals surface area contributed by atoms with Gasteiger partial charge in [-0.15, -0.1) is 0 Å². The van der Waals surface area contributed by atoms with Gasteiger partial charge in [0.2, 0.25) is 0 Å². The van der Waals surface area contributed by atoms with E-state index in [9.17, 15) is 4.79 Å². The molecule has 8 nitrogen and oxygen atoms in total. The normalized spacial score (nSPS) is 14.1. The van der Waals surface area contributed by atoms with Crippen molar-refractivity contribution < 1.29 is 9.53 Å². The van der Waals surface area contributed by atoms with Crippen molar-refractivity contribution in [2.24, 2.45) is 0 Å². The molecule has 1 fully saturated rings. The third-order valence-corrected chi connectivity index (χ3v) is 6.15. The van der Waals surface area contributed by atoms with Gasteiger partial charge in [-0.3, -0.25) is 4.79 Å². The van der Waals surface area contributed by atoms with E-state index in [4.69, 9.17) is 14.7 Å². The summed E-state index contributed by atoms with van der Waals surface area (Å²) in [4.78, 5) is 26.9. The molecule has 4 aromatic rings. The summed E-state index contributed by atoms with van der Waals surface area (Å²) >= 11 is 0. The second kappa shape index (κ2) is 9.13. The molecule has 2 aromatic carbocycles. The van der Waals surface area contributed by atoms with Gasteiger partial charge < -0.3 is 14.5 Å². The number of ether oxygens (including phenoxy) is 1. The predicted molar refractivity (Wildman–Crippen MR) is 132 cm³/mol. The number of amides is 1. The summed E-state index contributed by atoms with van der Waals surface area (Å²) in [6.07, 6.45) is 1.84. The molecule has 1 saturated heterocycles. The molecule has 0 unspecified atom stereocenters. The van der Waals surface area contributed by atoms with Crippen LogP contribution in [0.4, 0.5) is 5.82 Å². The number of nitrogens with zero attached hydrogens (tertiary/aromatic N) is 6. The smallest absolute Gasteiger partial charge is 0.253 e. The first-order valence-electron chi connectivity index (χ1n) is 11.5. The van der Waals surface area contributed by atoms with Crippen LogP contribution in [0.25, 0.3) is 16.7 Å². The maximum atomic E-state index is 13.0. The van der Waals surface area contributed by atoms with Crippen LogP contribution in [0.2, 0.25) is 0 Å². The number of carbonyl (C=O) groups is 1. The lowest BCUT2D eigenvalue weighted by molar-refractivity contribution is 0.0746. The number of fused-ring (bicyclic) bond motifs is 1. The summed E-state index contributed by atoms with van der Waals surface area (Å²) in [7, 11) is 1.62. The van der Waals surface area contributed by atoms with Crippen LogP contribution in [-0.2, 0) is 0 Å². The highest BCUT2D eigenvalue weighted by molar-refractivity contribution is 5.94. The van der Waals surface area contributed by atoms with Gasteiger partial charge in [0.15, 0.2) is 5.65 Å². The van der Waals surface area contributed by atoms with Gasteiger partial charge in [-0.1, -0.05) is 32.0 Å². The Labute approximate surface area is 198 Å². The number of hydrogen-bond acceptors (Lipinski definition) is 6. The first-order chi connectivity index (χ1) is 16.5. The third-order valence-electron chi connectivity index (χ3n) is 6.15. The van der Waals surface area contributed by atoms with Crippen molar-refractivity contribution in [3.05, 3.63) is 72.2 Å². The first-order valence-corrected chi connectivity index (χ1v) is 11.5. The molecule has 0 radical (unpaired) electrons. The van der Waals surface area contributed by atoms with Gasteiger partial charge in [0, 0.05) is 37.7 Å². The van der Waals surface area contributed by atoms with Crippen molar-refractivity contribution in [1.82, 2.24) is 24.6 Å². The van der Waals surface area contributed by atoms with E-state index in [0.717, 1.165) is 34.1 Å². The fourth-order valence-corrected chi connectivity index (χ4v) is 4.20. The van der Waals surface area contributed by atoms with Crippen LogP contribution >= 0.6 is 0 Å².